The molecule has 0 radical (unpaired) electrons. The molecule has 0 unspecified atom stereocenters. The fraction of sp³-hybridized carbons (Fsp3) is 0.364. The lowest BCUT2D eigenvalue weighted by Crippen LogP contribution is -2.42. The molecule has 1 rings (SSSR count). The lowest BCUT2D eigenvalue weighted by atomic mass is 10.2. The van der Waals surface area contributed by atoms with E-state index in [1.54, 1.807) is 24.5 Å². The quantitative estimate of drug-likeness (QED) is 0.609. The summed E-state index contributed by atoms with van der Waals surface area (Å²) < 4.78 is 0. The predicted octanol–water partition coefficient (Wildman–Crippen LogP) is 0.125. The molecule has 1 atom stereocenters. The van der Waals surface area contributed by atoms with Crippen LogP contribution in [0.2, 0.25) is 0 Å². The van der Waals surface area contributed by atoms with Crippen LogP contribution in [-0.4, -0.2) is 45.5 Å². The minimum Gasteiger partial charge on any atom is -0.480 e. The fourth-order valence-electron chi connectivity index (χ4n) is 1.21. The first-order valence-corrected chi connectivity index (χ1v) is 6.28. The molecule has 0 aromatic carbocycles. The van der Waals surface area contributed by atoms with Crippen molar-refractivity contribution >= 4 is 23.6 Å². The standard InChI is InChI=1S/C11H14N2O4S/c14-6-3-9(11(16)17)13-10(15)7-18-8-1-4-12-5-2-8/h1-2,4-5,9,14H,3,6-7H2,(H,13,15)(H,16,17)/t9-/m1/s1. The van der Waals surface area contributed by atoms with Crippen molar-refractivity contribution in [1.82, 2.24) is 10.3 Å². The molecule has 1 heterocycles. The maximum Gasteiger partial charge on any atom is 0.326 e. The Balaban J connectivity index is 2.39. The van der Waals surface area contributed by atoms with Crippen molar-refractivity contribution in [2.75, 3.05) is 12.4 Å². The molecule has 0 aliphatic carbocycles. The van der Waals surface area contributed by atoms with Crippen LogP contribution < -0.4 is 5.32 Å². The number of amides is 1. The summed E-state index contributed by atoms with van der Waals surface area (Å²) >= 11 is 1.29. The third kappa shape index (κ3) is 5.15. The second kappa shape index (κ2) is 7.67. The number of aliphatic carboxylic acids is 1. The maximum absolute atomic E-state index is 11.5. The van der Waals surface area contributed by atoms with Gasteiger partial charge in [0.1, 0.15) is 6.04 Å². The van der Waals surface area contributed by atoms with Gasteiger partial charge in [0.15, 0.2) is 0 Å². The van der Waals surface area contributed by atoms with Crippen LogP contribution in [0.5, 0.6) is 0 Å². The number of carbonyl (C=O) groups is 2. The number of aromatic nitrogens is 1. The summed E-state index contributed by atoms with van der Waals surface area (Å²) in [5.41, 5.74) is 0. The van der Waals surface area contributed by atoms with E-state index in [1.807, 2.05) is 0 Å². The number of hydrogen-bond acceptors (Lipinski definition) is 5. The van der Waals surface area contributed by atoms with Crippen LogP contribution in [-0.2, 0) is 9.59 Å². The van der Waals surface area contributed by atoms with E-state index in [2.05, 4.69) is 10.3 Å². The van der Waals surface area contributed by atoms with Crippen molar-refractivity contribution in [3.63, 3.8) is 0 Å². The number of pyridine rings is 1. The molecule has 0 saturated heterocycles. The number of aliphatic hydroxyl groups is 1. The molecule has 98 valence electrons. The van der Waals surface area contributed by atoms with Gasteiger partial charge in [-0.1, -0.05) is 0 Å². The molecule has 0 spiro atoms. The van der Waals surface area contributed by atoms with Crippen molar-refractivity contribution < 1.29 is 19.8 Å². The number of carboxylic acids is 1. The summed E-state index contributed by atoms with van der Waals surface area (Å²) in [5, 5.41) is 19.8. The molecule has 0 saturated carbocycles. The fourth-order valence-corrected chi connectivity index (χ4v) is 1.90. The van der Waals surface area contributed by atoms with E-state index in [9.17, 15) is 9.59 Å². The zero-order chi connectivity index (χ0) is 13.4. The Kier molecular flexibility index (Phi) is 6.16. The highest BCUT2D eigenvalue weighted by molar-refractivity contribution is 8.00. The van der Waals surface area contributed by atoms with Gasteiger partial charge in [0, 0.05) is 30.3 Å². The van der Waals surface area contributed by atoms with E-state index >= 15 is 0 Å². The van der Waals surface area contributed by atoms with Crippen molar-refractivity contribution in [3.8, 4) is 0 Å². The Bertz CT molecular complexity index is 399. The second-order valence-electron chi connectivity index (χ2n) is 3.44. The molecule has 18 heavy (non-hydrogen) atoms. The minimum atomic E-state index is -1.15. The van der Waals surface area contributed by atoms with Gasteiger partial charge in [-0.2, -0.15) is 0 Å². The summed E-state index contributed by atoms with van der Waals surface area (Å²) in [5.74, 6) is -1.40. The molecule has 6 nitrogen and oxygen atoms in total. The Morgan fingerprint density at radius 1 is 1.39 bits per heavy atom. The van der Waals surface area contributed by atoms with Crippen molar-refractivity contribution in [1.29, 1.82) is 0 Å². The van der Waals surface area contributed by atoms with Crippen LogP contribution in [0, 0.1) is 0 Å². The maximum atomic E-state index is 11.5. The first kappa shape index (κ1) is 14.5. The number of rotatable bonds is 7. The molecule has 7 heteroatoms. The summed E-state index contributed by atoms with van der Waals surface area (Å²) in [4.78, 5) is 27.0. The van der Waals surface area contributed by atoms with Crippen molar-refractivity contribution in [2.45, 2.75) is 17.4 Å². The van der Waals surface area contributed by atoms with Crippen LogP contribution in [0.15, 0.2) is 29.4 Å². The molecule has 0 aliphatic rings. The zero-order valence-electron chi connectivity index (χ0n) is 9.57. The van der Waals surface area contributed by atoms with Crippen LogP contribution in [0.1, 0.15) is 6.42 Å². The number of carboxylic acid groups (broad SMARTS) is 1. The molecule has 0 bridgehead atoms. The Morgan fingerprint density at radius 3 is 2.61 bits per heavy atom. The smallest absolute Gasteiger partial charge is 0.326 e. The molecular weight excluding hydrogens is 256 g/mol. The largest absolute Gasteiger partial charge is 0.480 e. The normalized spacial score (nSPS) is 11.8. The number of hydrogen-bond donors (Lipinski definition) is 3. The Hall–Kier alpha value is -1.60. The number of nitrogens with zero attached hydrogens (tertiary/aromatic N) is 1. The van der Waals surface area contributed by atoms with E-state index in [-0.39, 0.29) is 24.7 Å². The number of thioether (sulfide) groups is 1. The molecular formula is C11H14N2O4S. The summed E-state index contributed by atoms with van der Waals surface area (Å²) in [7, 11) is 0. The summed E-state index contributed by atoms with van der Waals surface area (Å²) in [6, 6.07) is 2.49. The SMILES string of the molecule is O=C(CSc1ccncc1)N[C@H](CCO)C(=O)O. The Morgan fingerprint density at radius 2 is 2.06 bits per heavy atom. The van der Waals surface area contributed by atoms with Crippen LogP contribution in [0.4, 0.5) is 0 Å². The first-order chi connectivity index (χ1) is 8.63. The monoisotopic (exact) mass is 270 g/mol. The van der Waals surface area contributed by atoms with Gasteiger partial charge in [0.25, 0.3) is 0 Å². The van der Waals surface area contributed by atoms with Crippen molar-refractivity contribution in [3.05, 3.63) is 24.5 Å². The molecule has 0 aliphatic heterocycles. The summed E-state index contributed by atoms with van der Waals surface area (Å²) in [6.45, 7) is -0.283. The van der Waals surface area contributed by atoms with E-state index in [0.717, 1.165) is 4.90 Å². The van der Waals surface area contributed by atoms with Gasteiger partial charge in [-0.3, -0.25) is 9.78 Å². The minimum absolute atomic E-state index is 0.000989. The van der Waals surface area contributed by atoms with Crippen LogP contribution in [0.25, 0.3) is 0 Å². The van der Waals surface area contributed by atoms with Gasteiger partial charge in [-0.05, 0) is 12.1 Å². The van der Waals surface area contributed by atoms with Gasteiger partial charge in [-0.25, -0.2) is 4.79 Å². The van der Waals surface area contributed by atoms with Crippen molar-refractivity contribution in [2.24, 2.45) is 0 Å². The van der Waals surface area contributed by atoms with Gasteiger partial charge >= 0.3 is 5.97 Å². The van der Waals surface area contributed by atoms with E-state index < -0.39 is 12.0 Å². The third-order valence-corrected chi connectivity index (χ3v) is 3.08. The van der Waals surface area contributed by atoms with Gasteiger partial charge in [0.05, 0.1) is 5.75 Å². The van der Waals surface area contributed by atoms with E-state index in [4.69, 9.17) is 10.2 Å². The predicted molar refractivity (Wildman–Crippen MR) is 66.2 cm³/mol. The second-order valence-corrected chi connectivity index (χ2v) is 4.49. The number of carbonyl (C=O) groups excluding carboxylic acids is 1. The van der Waals surface area contributed by atoms with Gasteiger partial charge in [-0.15, -0.1) is 11.8 Å². The number of nitrogens with one attached hydrogen (secondary N) is 1. The average Bonchev–Trinajstić information content (AvgIpc) is 2.37. The highest BCUT2D eigenvalue weighted by Gasteiger charge is 2.18. The van der Waals surface area contributed by atoms with Crippen LogP contribution >= 0.6 is 11.8 Å². The number of aliphatic hydroxyl groups excluding tert-OH is 1. The average molecular weight is 270 g/mol. The lowest BCUT2D eigenvalue weighted by molar-refractivity contribution is -0.141. The molecule has 1 aromatic heterocycles. The molecule has 1 aromatic rings. The van der Waals surface area contributed by atoms with E-state index in [1.165, 1.54) is 11.8 Å². The highest BCUT2D eigenvalue weighted by atomic mass is 32.2. The Labute approximate surface area is 108 Å². The lowest BCUT2D eigenvalue weighted by Gasteiger charge is -2.12. The molecule has 0 fully saturated rings. The third-order valence-electron chi connectivity index (χ3n) is 2.07. The van der Waals surface area contributed by atoms with Crippen LogP contribution in [0.3, 0.4) is 0 Å². The summed E-state index contributed by atoms with van der Waals surface area (Å²) in [6.07, 6.45) is 3.24. The topological polar surface area (TPSA) is 99.5 Å². The zero-order valence-corrected chi connectivity index (χ0v) is 10.4. The van der Waals surface area contributed by atoms with E-state index in [0.29, 0.717) is 0 Å². The van der Waals surface area contributed by atoms with Gasteiger partial charge < -0.3 is 15.5 Å². The highest BCUT2D eigenvalue weighted by Crippen LogP contribution is 2.15. The molecule has 3 N–H and O–H groups in total. The molecule has 1 amide bonds. The van der Waals surface area contributed by atoms with Gasteiger partial charge in [0.2, 0.25) is 5.91 Å². The first-order valence-electron chi connectivity index (χ1n) is 5.29.